The number of amides is 1. The second-order valence-corrected chi connectivity index (χ2v) is 10.3. The molecule has 0 bridgehead atoms. The number of aryl methyl sites for hydroxylation is 1. The van der Waals surface area contributed by atoms with E-state index in [9.17, 15) is 18.0 Å². The Kier molecular flexibility index (Phi) is 8.32. The molecule has 0 saturated heterocycles. The van der Waals surface area contributed by atoms with Crippen LogP contribution in [0, 0.1) is 6.92 Å². The Labute approximate surface area is 237 Å². The maximum Gasteiger partial charge on any atom is 0.416 e. The first-order valence-corrected chi connectivity index (χ1v) is 13.0. The molecule has 41 heavy (non-hydrogen) atoms. The standard InChI is InChI=1S/C31H34F3N5O2/c1-18-11-27(37-19(2)21-14-22(31(32,33)34)16-23(35)15-21)25-17-24(8-9-26(25)36-18)39(5)28-12-20(7-10-29(28)41-6)13-30(40)38(3)4/h7-12,14-17,19H,13,35H2,1-6H3,(H,36,37)/t19-/m1/s1. The Bertz CT molecular complexity index is 1590. The lowest BCUT2D eigenvalue weighted by atomic mass is 10.0. The van der Waals surface area contributed by atoms with Gasteiger partial charge < -0.3 is 25.6 Å². The Morgan fingerprint density at radius 1 is 1.05 bits per heavy atom. The Morgan fingerprint density at radius 3 is 2.44 bits per heavy atom. The molecule has 7 nitrogen and oxygen atoms in total. The summed E-state index contributed by atoms with van der Waals surface area (Å²) in [4.78, 5) is 20.5. The first-order chi connectivity index (χ1) is 19.3. The van der Waals surface area contributed by atoms with Gasteiger partial charge in [0.25, 0.3) is 0 Å². The first-order valence-electron chi connectivity index (χ1n) is 13.0. The number of anilines is 4. The Hall–Kier alpha value is -4.47. The van der Waals surface area contributed by atoms with Crippen molar-refractivity contribution in [2.45, 2.75) is 32.5 Å². The van der Waals surface area contributed by atoms with Crippen molar-refractivity contribution < 1.29 is 22.7 Å². The molecule has 1 aromatic heterocycles. The fourth-order valence-electron chi connectivity index (χ4n) is 4.66. The van der Waals surface area contributed by atoms with E-state index in [1.165, 1.54) is 0 Å². The average Bonchev–Trinajstić information content (AvgIpc) is 2.91. The van der Waals surface area contributed by atoms with Gasteiger partial charge in [0.15, 0.2) is 0 Å². The topological polar surface area (TPSA) is 83.7 Å². The molecule has 0 fully saturated rings. The highest BCUT2D eigenvalue weighted by Crippen LogP contribution is 2.38. The summed E-state index contributed by atoms with van der Waals surface area (Å²) in [6.07, 6.45) is -4.24. The zero-order chi connectivity index (χ0) is 30.1. The van der Waals surface area contributed by atoms with Crippen LogP contribution in [0.2, 0.25) is 0 Å². The van der Waals surface area contributed by atoms with Gasteiger partial charge in [0, 0.05) is 55.3 Å². The summed E-state index contributed by atoms with van der Waals surface area (Å²) in [6.45, 7) is 3.65. The second-order valence-electron chi connectivity index (χ2n) is 10.3. The van der Waals surface area contributed by atoms with Crippen LogP contribution in [0.15, 0.2) is 60.7 Å². The third-order valence-electron chi connectivity index (χ3n) is 6.94. The van der Waals surface area contributed by atoms with Crippen LogP contribution in [-0.4, -0.2) is 44.0 Å². The molecule has 10 heteroatoms. The SMILES string of the molecule is COc1ccc(CC(=O)N(C)C)cc1N(C)c1ccc2nc(C)cc(N[C@H](C)c3cc(N)cc(C(F)(F)F)c3)c2c1. The molecule has 4 aromatic rings. The molecule has 216 valence electrons. The minimum absolute atomic E-state index is 0.0109. The lowest BCUT2D eigenvalue weighted by Crippen LogP contribution is -2.23. The van der Waals surface area contributed by atoms with Gasteiger partial charge >= 0.3 is 6.18 Å². The molecular weight excluding hydrogens is 531 g/mol. The number of nitrogens with zero attached hydrogens (tertiary/aromatic N) is 3. The van der Waals surface area contributed by atoms with E-state index in [-0.39, 0.29) is 18.0 Å². The molecule has 1 atom stereocenters. The van der Waals surface area contributed by atoms with Crippen molar-refractivity contribution in [1.29, 1.82) is 0 Å². The summed E-state index contributed by atoms with van der Waals surface area (Å²) in [7, 11) is 6.93. The van der Waals surface area contributed by atoms with Crippen molar-refractivity contribution in [2.75, 3.05) is 44.2 Å². The van der Waals surface area contributed by atoms with Gasteiger partial charge in [-0.3, -0.25) is 9.78 Å². The van der Waals surface area contributed by atoms with Gasteiger partial charge in [0.05, 0.1) is 30.3 Å². The number of methoxy groups -OCH3 is 1. The van der Waals surface area contributed by atoms with Crippen molar-refractivity contribution in [2.24, 2.45) is 0 Å². The average molecular weight is 566 g/mol. The predicted molar refractivity (Wildman–Crippen MR) is 158 cm³/mol. The highest BCUT2D eigenvalue weighted by Gasteiger charge is 2.31. The van der Waals surface area contributed by atoms with Crippen LogP contribution in [0.4, 0.5) is 35.9 Å². The lowest BCUT2D eigenvalue weighted by molar-refractivity contribution is -0.137. The molecule has 0 aliphatic heterocycles. The van der Waals surface area contributed by atoms with Crippen molar-refractivity contribution in [1.82, 2.24) is 9.88 Å². The third kappa shape index (κ3) is 6.65. The maximum absolute atomic E-state index is 13.4. The molecule has 3 aromatic carbocycles. The highest BCUT2D eigenvalue weighted by atomic mass is 19.4. The molecule has 0 aliphatic rings. The van der Waals surface area contributed by atoms with Crippen molar-refractivity contribution in [3.05, 3.63) is 83.0 Å². The summed E-state index contributed by atoms with van der Waals surface area (Å²) in [6, 6.07) is 16.4. The van der Waals surface area contributed by atoms with Gasteiger partial charge in [0.2, 0.25) is 5.91 Å². The second kappa shape index (κ2) is 11.6. The number of likely N-dealkylation sites (N-methyl/N-ethyl adjacent to an activating group) is 1. The monoisotopic (exact) mass is 565 g/mol. The molecule has 0 radical (unpaired) electrons. The van der Waals surface area contributed by atoms with E-state index >= 15 is 0 Å². The number of nitrogen functional groups attached to an aromatic ring is 1. The van der Waals surface area contributed by atoms with Crippen LogP contribution >= 0.6 is 0 Å². The number of aromatic nitrogens is 1. The smallest absolute Gasteiger partial charge is 0.416 e. The zero-order valence-electron chi connectivity index (χ0n) is 23.9. The molecule has 3 N–H and O–H groups in total. The van der Waals surface area contributed by atoms with Crippen LogP contribution in [0.5, 0.6) is 5.75 Å². The van der Waals surface area contributed by atoms with Gasteiger partial charge in [-0.1, -0.05) is 6.07 Å². The minimum atomic E-state index is -4.50. The summed E-state index contributed by atoms with van der Waals surface area (Å²) in [5, 5.41) is 4.17. The number of carbonyl (C=O) groups excluding carboxylic acids is 1. The van der Waals surface area contributed by atoms with Crippen molar-refractivity contribution in [3.63, 3.8) is 0 Å². The molecule has 1 heterocycles. The molecule has 4 rings (SSSR count). The van der Waals surface area contributed by atoms with Crippen LogP contribution in [0.3, 0.4) is 0 Å². The van der Waals surface area contributed by atoms with Gasteiger partial charge in [-0.2, -0.15) is 13.2 Å². The molecule has 0 unspecified atom stereocenters. The number of rotatable bonds is 8. The minimum Gasteiger partial charge on any atom is -0.495 e. The van der Waals surface area contributed by atoms with E-state index in [0.717, 1.165) is 51.4 Å². The molecule has 0 spiro atoms. The number of ether oxygens (including phenoxy) is 1. The van der Waals surface area contributed by atoms with Crippen molar-refractivity contribution in [3.8, 4) is 5.75 Å². The van der Waals surface area contributed by atoms with Crippen LogP contribution in [-0.2, 0) is 17.4 Å². The van der Waals surface area contributed by atoms with Crippen LogP contribution in [0.25, 0.3) is 10.9 Å². The van der Waals surface area contributed by atoms with E-state index in [1.807, 2.05) is 61.3 Å². The number of hydrogen-bond acceptors (Lipinski definition) is 6. The zero-order valence-corrected chi connectivity index (χ0v) is 23.9. The molecular formula is C31H34F3N5O2. The third-order valence-corrected chi connectivity index (χ3v) is 6.94. The maximum atomic E-state index is 13.4. The van der Waals surface area contributed by atoms with E-state index in [4.69, 9.17) is 10.5 Å². The van der Waals surface area contributed by atoms with E-state index in [0.29, 0.717) is 11.3 Å². The number of halogens is 3. The highest BCUT2D eigenvalue weighted by molar-refractivity contribution is 5.95. The van der Waals surface area contributed by atoms with Crippen LogP contribution in [0.1, 0.15) is 35.3 Å². The number of fused-ring (bicyclic) bond motifs is 1. The van der Waals surface area contributed by atoms with Gasteiger partial charge in [-0.05, 0) is 79.6 Å². The number of carbonyl (C=O) groups is 1. The van der Waals surface area contributed by atoms with Gasteiger partial charge in [-0.15, -0.1) is 0 Å². The van der Waals surface area contributed by atoms with Gasteiger partial charge in [0.1, 0.15) is 5.75 Å². The number of hydrogen-bond donors (Lipinski definition) is 2. The molecule has 1 amide bonds. The number of pyridine rings is 1. The number of alkyl halides is 3. The summed E-state index contributed by atoms with van der Waals surface area (Å²) >= 11 is 0. The summed E-state index contributed by atoms with van der Waals surface area (Å²) in [5.74, 6) is 0.632. The first kappa shape index (κ1) is 29.5. The Balaban J connectivity index is 1.72. The van der Waals surface area contributed by atoms with Crippen LogP contribution < -0.4 is 20.7 Å². The number of nitrogens with two attached hydrogens (primary N) is 1. The fourth-order valence-corrected chi connectivity index (χ4v) is 4.66. The fraction of sp³-hybridized carbons (Fsp3) is 0.290. The molecule has 0 saturated carbocycles. The quantitative estimate of drug-likeness (QED) is 0.231. The predicted octanol–water partition coefficient (Wildman–Crippen LogP) is 6.72. The summed E-state index contributed by atoms with van der Waals surface area (Å²) < 4.78 is 45.9. The van der Waals surface area contributed by atoms with E-state index in [1.54, 1.807) is 39.1 Å². The largest absolute Gasteiger partial charge is 0.495 e. The van der Waals surface area contributed by atoms with E-state index in [2.05, 4.69) is 10.3 Å². The Morgan fingerprint density at radius 2 is 1.78 bits per heavy atom. The number of benzene rings is 3. The van der Waals surface area contributed by atoms with Gasteiger partial charge in [-0.25, -0.2) is 0 Å². The summed E-state index contributed by atoms with van der Waals surface area (Å²) in [5.41, 5.74) is 10.2. The lowest BCUT2D eigenvalue weighted by Gasteiger charge is -2.24. The normalized spacial score (nSPS) is 12.2. The van der Waals surface area contributed by atoms with Crippen molar-refractivity contribution >= 4 is 39.6 Å². The molecule has 0 aliphatic carbocycles. The number of nitrogens with one attached hydrogen (secondary N) is 1. The van der Waals surface area contributed by atoms with E-state index < -0.39 is 17.8 Å².